The fourth-order valence-corrected chi connectivity index (χ4v) is 7.31. The molecule has 2 saturated heterocycles. The number of amides is 6. The number of benzene rings is 2. The molecule has 0 saturated carbocycles. The number of likely N-dealkylation sites (tertiary alicyclic amines) is 2. The summed E-state index contributed by atoms with van der Waals surface area (Å²) in [6, 6.07) is 10.8. The van der Waals surface area contributed by atoms with E-state index in [0.29, 0.717) is 71.4 Å². The first-order valence-corrected chi connectivity index (χ1v) is 15.6. The van der Waals surface area contributed by atoms with E-state index in [2.05, 4.69) is 20.8 Å². The molecule has 2 fully saturated rings. The molecule has 44 heavy (non-hydrogen) atoms. The maximum Gasteiger partial charge on any atom is 0.322 e. The quantitative estimate of drug-likeness (QED) is 0.426. The Balaban J connectivity index is 1.05. The van der Waals surface area contributed by atoms with Crippen LogP contribution in [0.1, 0.15) is 49.3 Å². The van der Waals surface area contributed by atoms with Crippen molar-refractivity contribution < 1.29 is 19.2 Å². The first-order valence-electron chi connectivity index (χ1n) is 15.6. The molecule has 3 aromatic rings. The van der Waals surface area contributed by atoms with Gasteiger partial charge in [0.15, 0.2) is 0 Å². The summed E-state index contributed by atoms with van der Waals surface area (Å²) in [5.41, 5.74) is 4.93. The molecule has 0 unspecified atom stereocenters. The lowest BCUT2D eigenvalue weighted by Crippen LogP contribution is -2.57. The normalized spacial score (nSPS) is 21.5. The van der Waals surface area contributed by atoms with Crippen molar-refractivity contribution in [1.29, 1.82) is 0 Å². The average molecular weight is 599 g/mol. The van der Waals surface area contributed by atoms with Crippen molar-refractivity contribution in [2.24, 2.45) is 0 Å². The lowest BCUT2D eigenvalue weighted by Gasteiger charge is -2.41. The molecule has 2 aromatic carbocycles. The van der Waals surface area contributed by atoms with Crippen molar-refractivity contribution in [1.82, 2.24) is 35.1 Å². The van der Waals surface area contributed by atoms with E-state index in [4.69, 9.17) is 0 Å². The zero-order valence-electron chi connectivity index (χ0n) is 24.9. The molecule has 4 aliphatic heterocycles. The molecule has 12 nitrogen and oxygen atoms in total. The predicted octanol–water partition coefficient (Wildman–Crippen LogP) is 3.05. The summed E-state index contributed by atoms with van der Waals surface area (Å²) < 4.78 is 0. The smallest absolute Gasteiger partial charge is 0.322 e. The third-order valence-corrected chi connectivity index (χ3v) is 9.87. The number of nitrogens with zero attached hydrogens (tertiary/aromatic N) is 5. The van der Waals surface area contributed by atoms with E-state index in [1.54, 1.807) is 18.0 Å². The first-order chi connectivity index (χ1) is 21.4. The molecule has 3 N–H and O–H groups in total. The van der Waals surface area contributed by atoms with Gasteiger partial charge in [-0.05, 0) is 54.5 Å². The molecule has 1 atom stereocenters. The predicted molar refractivity (Wildman–Crippen MR) is 164 cm³/mol. The highest BCUT2D eigenvalue weighted by atomic mass is 16.2. The number of carbonyl (C=O) groups is 4. The number of carbonyl (C=O) groups excluding carboxylic acids is 4. The second-order valence-electron chi connectivity index (χ2n) is 12.4. The Morgan fingerprint density at radius 3 is 2.32 bits per heavy atom. The van der Waals surface area contributed by atoms with E-state index in [1.807, 2.05) is 51.1 Å². The second kappa shape index (κ2) is 11.5. The van der Waals surface area contributed by atoms with Crippen LogP contribution in [0.5, 0.6) is 0 Å². The Bertz CT molecular complexity index is 1600. The number of fused-ring (bicyclic) bond motifs is 4. The van der Waals surface area contributed by atoms with Gasteiger partial charge in [-0.2, -0.15) is 5.10 Å². The number of nitrogens with one attached hydrogen (secondary N) is 3. The number of urea groups is 2. The minimum atomic E-state index is -0.707. The fourth-order valence-electron chi connectivity index (χ4n) is 7.31. The summed E-state index contributed by atoms with van der Waals surface area (Å²) in [4.78, 5) is 59.9. The van der Waals surface area contributed by atoms with Crippen LogP contribution in [-0.2, 0) is 29.1 Å². The van der Waals surface area contributed by atoms with Crippen molar-refractivity contribution >= 4 is 40.5 Å². The van der Waals surface area contributed by atoms with E-state index >= 15 is 0 Å². The largest absolute Gasteiger partial charge is 0.343 e. The second-order valence-corrected chi connectivity index (χ2v) is 12.4. The Kier molecular flexibility index (Phi) is 7.35. The van der Waals surface area contributed by atoms with Gasteiger partial charge in [-0.25, -0.2) is 9.59 Å². The Labute approximate surface area is 255 Å². The average Bonchev–Trinajstić information content (AvgIpc) is 3.47. The molecule has 6 amide bonds. The minimum Gasteiger partial charge on any atom is -0.343 e. The van der Waals surface area contributed by atoms with E-state index in [9.17, 15) is 19.2 Å². The van der Waals surface area contributed by atoms with Crippen LogP contribution in [0.25, 0.3) is 10.9 Å². The van der Waals surface area contributed by atoms with Gasteiger partial charge in [-0.15, -0.1) is 0 Å². The van der Waals surface area contributed by atoms with Crippen molar-refractivity contribution in [2.45, 2.75) is 70.2 Å². The topological polar surface area (TPSA) is 134 Å². The van der Waals surface area contributed by atoms with E-state index in [0.717, 1.165) is 33.3 Å². The Hall–Kier alpha value is -4.61. The van der Waals surface area contributed by atoms with Crippen molar-refractivity contribution in [3.8, 4) is 0 Å². The van der Waals surface area contributed by atoms with Gasteiger partial charge in [0.1, 0.15) is 6.04 Å². The highest BCUT2D eigenvalue weighted by molar-refractivity contribution is 5.93. The van der Waals surface area contributed by atoms with Crippen LogP contribution in [-0.4, -0.2) is 98.0 Å². The molecule has 0 aliphatic carbocycles. The van der Waals surface area contributed by atoms with Crippen LogP contribution in [0.3, 0.4) is 0 Å². The van der Waals surface area contributed by atoms with Crippen LogP contribution < -0.4 is 10.6 Å². The summed E-state index contributed by atoms with van der Waals surface area (Å²) in [5, 5.41) is 14.3. The van der Waals surface area contributed by atoms with Gasteiger partial charge in [-0.1, -0.05) is 24.3 Å². The molecule has 0 radical (unpaired) electrons. The number of H-pyrrole nitrogens is 1. The third-order valence-electron chi connectivity index (χ3n) is 9.87. The zero-order chi connectivity index (χ0) is 30.4. The third kappa shape index (κ3) is 5.22. The summed E-state index contributed by atoms with van der Waals surface area (Å²) >= 11 is 0. The Morgan fingerprint density at radius 1 is 0.864 bits per heavy atom. The van der Waals surface area contributed by atoms with Crippen LogP contribution in [0.15, 0.2) is 42.6 Å². The van der Waals surface area contributed by atoms with Crippen LogP contribution in [0.2, 0.25) is 0 Å². The monoisotopic (exact) mass is 598 g/mol. The van der Waals surface area contributed by atoms with Gasteiger partial charge in [-0.3, -0.25) is 14.7 Å². The van der Waals surface area contributed by atoms with Gasteiger partial charge in [0.2, 0.25) is 11.8 Å². The SMILES string of the molecule is CC(=O)N1CCC(N2Cc3c(ccc4[nH]ncc34)C[C@@H](NC(=O)N3CCC(N4Cc5ccccc5NC4=O)CC3)C2=O)CC1. The van der Waals surface area contributed by atoms with Crippen LogP contribution in [0, 0.1) is 0 Å². The highest BCUT2D eigenvalue weighted by Crippen LogP contribution is 2.31. The number of hydrogen-bond donors (Lipinski definition) is 3. The van der Waals surface area contributed by atoms with E-state index in [-0.39, 0.29) is 36.0 Å². The molecule has 5 heterocycles. The lowest BCUT2D eigenvalue weighted by molar-refractivity contribution is -0.138. The molecule has 7 rings (SSSR count). The maximum absolute atomic E-state index is 14.2. The molecule has 0 bridgehead atoms. The summed E-state index contributed by atoms with van der Waals surface area (Å²) in [6.45, 7) is 4.80. The molecule has 1 aromatic heterocycles. The number of hydrogen-bond acceptors (Lipinski definition) is 5. The molecular formula is C32H38N8O4. The van der Waals surface area contributed by atoms with Gasteiger partial charge in [0.05, 0.1) is 11.7 Å². The number of para-hydroxylation sites is 1. The van der Waals surface area contributed by atoms with Gasteiger partial charge in [0.25, 0.3) is 0 Å². The number of anilines is 1. The molecule has 12 heteroatoms. The van der Waals surface area contributed by atoms with Crippen LogP contribution in [0.4, 0.5) is 15.3 Å². The van der Waals surface area contributed by atoms with Gasteiger partial charge >= 0.3 is 12.1 Å². The Morgan fingerprint density at radius 2 is 1.57 bits per heavy atom. The molecule has 0 spiro atoms. The maximum atomic E-state index is 14.2. The minimum absolute atomic E-state index is 0.0258. The highest BCUT2D eigenvalue weighted by Gasteiger charge is 2.38. The number of piperidine rings is 2. The molecule has 4 aliphatic rings. The number of aromatic nitrogens is 2. The summed E-state index contributed by atoms with van der Waals surface area (Å²) in [7, 11) is 0. The number of aromatic amines is 1. The van der Waals surface area contributed by atoms with Crippen LogP contribution >= 0.6 is 0 Å². The molecule has 230 valence electrons. The number of rotatable bonds is 3. The summed E-state index contributed by atoms with van der Waals surface area (Å²) in [5.74, 6) is -0.0401. The fraction of sp³-hybridized carbons (Fsp3) is 0.469. The van der Waals surface area contributed by atoms with Crippen molar-refractivity contribution in [2.75, 3.05) is 31.5 Å². The van der Waals surface area contributed by atoms with E-state index in [1.165, 1.54) is 0 Å². The van der Waals surface area contributed by atoms with E-state index < -0.39 is 6.04 Å². The first kappa shape index (κ1) is 28.2. The molecular weight excluding hydrogens is 560 g/mol. The standard InChI is InChI=1S/C32H38N8O4/c1-20(41)37-12-8-23(9-13-37)39-19-26-21(6-7-28-25(26)17-33-36-28)16-29(30(39)42)35-31(43)38-14-10-24(11-15-38)40-18-22-4-2-3-5-27(22)34-32(40)44/h2-7,17,23-24,29H,8-16,18-19H2,1H3,(H,33,36)(H,34,44)(H,35,43)/t29-/m1/s1. The summed E-state index contributed by atoms with van der Waals surface area (Å²) in [6.07, 6.45) is 4.94. The van der Waals surface area contributed by atoms with Crippen molar-refractivity contribution in [3.63, 3.8) is 0 Å². The zero-order valence-corrected chi connectivity index (χ0v) is 24.9. The van der Waals surface area contributed by atoms with Gasteiger partial charge in [0, 0.05) is 75.8 Å². The van der Waals surface area contributed by atoms with Gasteiger partial charge < -0.3 is 30.2 Å². The van der Waals surface area contributed by atoms with Crippen molar-refractivity contribution in [3.05, 3.63) is 59.3 Å². The lowest BCUT2D eigenvalue weighted by atomic mass is 9.98.